The lowest BCUT2D eigenvalue weighted by Crippen LogP contribution is -2.60. The van der Waals surface area contributed by atoms with Crippen molar-refractivity contribution in [1.82, 2.24) is 4.57 Å². The van der Waals surface area contributed by atoms with Crippen LogP contribution in [0, 0.1) is 0 Å². The van der Waals surface area contributed by atoms with Crippen LogP contribution in [0.1, 0.15) is 105 Å². The number of rotatable bonds is 7. The average Bonchev–Trinajstić information content (AvgIpc) is 1.71. The standard InChI is InChI=1S/C78H71BN4O2/c1-75(2,3)48-27-35-52(36-28-48)80(53-37-29-49(30-38-53)76(4,5)6)56-43-44-61-64(45-56)82(63-23-18-26-69-70(63)58-19-13-15-24-67(58)84-69)65-46-57(81(54-39-31-50(32-40-54)77(7,8)9)55-41-33-51(34-42-55)78(10,11)12)47-66-71(65)79(61)62-22-17-21-60-72(62)83(66)73-59-20-14-16-25-68(59)85-74(60)73/h13-47H,1-12H3. The van der Waals surface area contributed by atoms with E-state index in [-0.39, 0.29) is 28.4 Å². The first-order chi connectivity index (χ1) is 40.7. The SMILES string of the molecule is CC(C)(C)c1ccc(N(c2ccc(C(C)(C)C)cc2)c2ccc3c(c2)N(c2cccc4oc5ccccc5c24)c2cc(N(c4ccc(C(C)(C)C)cc4)c4ccc(C(C)(C)C)cc4)cc4c2B3c2cccc3c5oc6ccccc6c5n-4c23)cc1. The van der Waals surface area contributed by atoms with Crippen molar-refractivity contribution in [3.8, 4) is 5.69 Å². The van der Waals surface area contributed by atoms with Crippen LogP contribution in [-0.4, -0.2) is 11.3 Å². The second-order valence-corrected chi connectivity index (χ2v) is 27.9. The minimum absolute atomic E-state index is 0.00683. The Kier molecular flexibility index (Phi) is 11.5. The third kappa shape index (κ3) is 8.36. The molecule has 6 nitrogen and oxygen atoms in total. The van der Waals surface area contributed by atoms with Gasteiger partial charge < -0.3 is 28.1 Å². The molecule has 0 N–H and O–H groups in total. The molecule has 85 heavy (non-hydrogen) atoms. The number of fused-ring (bicyclic) bond motifs is 12. The Morgan fingerprint density at radius 1 is 0.329 bits per heavy atom. The van der Waals surface area contributed by atoms with Gasteiger partial charge in [-0.15, -0.1) is 0 Å². The Hall–Kier alpha value is -9.20. The number of aromatic nitrogens is 1. The maximum atomic E-state index is 7.01. The van der Waals surface area contributed by atoms with Crippen LogP contribution >= 0.6 is 0 Å². The van der Waals surface area contributed by atoms with Gasteiger partial charge in [0, 0.05) is 61.7 Å². The summed E-state index contributed by atoms with van der Waals surface area (Å²) in [4.78, 5) is 7.49. The van der Waals surface area contributed by atoms with Crippen LogP contribution in [0.2, 0.25) is 0 Å². The summed E-state index contributed by atoms with van der Waals surface area (Å²) in [5, 5.41) is 4.33. The van der Waals surface area contributed by atoms with Gasteiger partial charge >= 0.3 is 0 Å². The molecular formula is C78H71BN4O2. The molecule has 7 heteroatoms. The van der Waals surface area contributed by atoms with E-state index < -0.39 is 0 Å². The predicted octanol–water partition coefficient (Wildman–Crippen LogP) is 20.2. The molecule has 0 fully saturated rings. The average molecular weight is 1110 g/mol. The topological polar surface area (TPSA) is 40.9 Å². The van der Waals surface area contributed by atoms with Gasteiger partial charge in [-0.25, -0.2) is 0 Å². The minimum atomic E-state index is -0.155. The molecule has 3 aromatic heterocycles. The molecule has 0 unspecified atom stereocenters. The van der Waals surface area contributed by atoms with Crippen molar-refractivity contribution < 1.29 is 8.83 Å². The molecule has 0 aliphatic carbocycles. The van der Waals surface area contributed by atoms with Gasteiger partial charge in [-0.05, 0) is 169 Å². The fourth-order valence-electron chi connectivity index (χ4n) is 13.7. The minimum Gasteiger partial charge on any atom is -0.456 e. The summed E-state index contributed by atoms with van der Waals surface area (Å²) < 4.78 is 16.4. The molecule has 0 bridgehead atoms. The van der Waals surface area contributed by atoms with E-state index in [1.165, 1.54) is 44.2 Å². The molecule has 2 aliphatic rings. The molecule has 5 heterocycles. The summed E-state index contributed by atoms with van der Waals surface area (Å²) in [5.74, 6) is 0. The Morgan fingerprint density at radius 3 is 1.31 bits per heavy atom. The number of hydrogen-bond acceptors (Lipinski definition) is 5. The highest BCUT2D eigenvalue weighted by Crippen LogP contribution is 2.51. The zero-order valence-electron chi connectivity index (χ0n) is 50.9. The van der Waals surface area contributed by atoms with Crippen molar-refractivity contribution in [2.75, 3.05) is 14.7 Å². The molecule has 418 valence electrons. The molecule has 2 aliphatic heterocycles. The number of anilines is 9. The quantitative estimate of drug-likeness (QED) is 0.149. The van der Waals surface area contributed by atoms with Crippen LogP contribution < -0.4 is 31.1 Å². The smallest absolute Gasteiger partial charge is 0.252 e. The summed E-state index contributed by atoms with van der Waals surface area (Å²) in [5.41, 5.74) is 25.3. The van der Waals surface area contributed by atoms with E-state index in [4.69, 9.17) is 8.83 Å². The molecule has 15 rings (SSSR count). The monoisotopic (exact) mass is 1110 g/mol. The van der Waals surface area contributed by atoms with Crippen molar-refractivity contribution in [2.45, 2.75) is 105 Å². The third-order valence-electron chi connectivity index (χ3n) is 18.2. The molecule has 0 atom stereocenters. The highest BCUT2D eigenvalue weighted by molar-refractivity contribution is 7.00. The van der Waals surface area contributed by atoms with Gasteiger partial charge in [0.25, 0.3) is 6.71 Å². The Morgan fingerprint density at radius 2 is 0.765 bits per heavy atom. The van der Waals surface area contributed by atoms with Gasteiger partial charge in [0.15, 0.2) is 5.58 Å². The first kappa shape index (κ1) is 52.6. The molecule has 13 aromatic rings. The fraction of sp³-hybridized carbons (Fsp3) is 0.205. The van der Waals surface area contributed by atoms with Gasteiger partial charge in [-0.2, -0.15) is 0 Å². The van der Waals surface area contributed by atoms with Gasteiger partial charge in [-0.1, -0.05) is 186 Å². The van der Waals surface area contributed by atoms with Crippen molar-refractivity contribution in [1.29, 1.82) is 0 Å². The van der Waals surface area contributed by atoms with Gasteiger partial charge in [0.1, 0.15) is 22.3 Å². The van der Waals surface area contributed by atoms with Gasteiger partial charge in [0.05, 0.1) is 22.3 Å². The van der Waals surface area contributed by atoms with Crippen molar-refractivity contribution >= 4 is 129 Å². The van der Waals surface area contributed by atoms with E-state index in [1.54, 1.807) is 0 Å². The molecule has 10 aromatic carbocycles. The van der Waals surface area contributed by atoms with Crippen molar-refractivity contribution in [3.05, 3.63) is 235 Å². The zero-order valence-corrected chi connectivity index (χ0v) is 50.9. The van der Waals surface area contributed by atoms with E-state index in [2.05, 4.69) is 315 Å². The second kappa shape index (κ2) is 18.7. The van der Waals surface area contributed by atoms with E-state index in [9.17, 15) is 0 Å². The fourth-order valence-corrected chi connectivity index (χ4v) is 13.7. The highest BCUT2D eigenvalue weighted by atomic mass is 16.3. The molecule has 0 spiro atoms. The largest absolute Gasteiger partial charge is 0.456 e. The van der Waals surface area contributed by atoms with Crippen LogP contribution in [0.15, 0.2) is 221 Å². The van der Waals surface area contributed by atoms with Crippen LogP contribution in [0.3, 0.4) is 0 Å². The highest BCUT2D eigenvalue weighted by Gasteiger charge is 2.44. The molecule has 0 saturated heterocycles. The second-order valence-electron chi connectivity index (χ2n) is 27.9. The first-order valence-electron chi connectivity index (χ1n) is 30.2. The van der Waals surface area contributed by atoms with Crippen LogP contribution in [-0.2, 0) is 21.7 Å². The summed E-state index contributed by atoms with van der Waals surface area (Å²) in [6.45, 7) is 27.3. The maximum absolute atomic E-state index is 7.01. The Labute approximate surface area is 499 Å². The number of furan rings is 2. The Bertz CT molecular complexity index is 4690. The molecule has 0 radical (unpaired) electrons. The number of hydrogen-bond donors (Lipinski definition) is 0. The number of nitrogens with zero attached hydrogens (tertiary/aromatic N) is 4. The van der Waals surface area contributed by atoms with Crippen LogP contribution in [0.5, 0.6) is 0 Å². The van der Waals surface area contributed by atoms with E-state index in [1.807, 2.05) is 0 Å². The van der Waals surface area contributed by atoms with Gasteiger partial charge in [-0.3, -0.25) is 0 Å². The number of para-hydroxylation sites is 3. The third-order valence-corrected chi connectivity index (χ3v) is 18.2. The summed E-state index contributed by atoms with van der Waals surface area (Å²) in [6, 6.07) is 79.6. The summed E-state index contributed by atoms with van der Waals surface area (Å²) in [7, 11) is 0. The van der Waals surface area contributed by atoms with Crippen molar-refractivity contribution in [2.24, 2.45) is 0 Å². The lowest BCUT2D eigenvalue weighted by Gasteiger charge is -2.42. The molecule has 0 amide bonds. The summed E-state index contributed by atoms with van der Waals surface area (Å²) >= 11 is 0. The van der Waals surface area contributed by atoms with Crippen LogP contribution in [0.4, 0.5) is 51.2 Å². The van der Waals surface area contributed by atoms with Gasteiger partial charge in [0.2, 0.25) is 0 Å². The number of benzene rings is 10. The predicted molar refractivity (Wildman–Crippen MR) is 361 cm³/mol. The maximum Gasteiger partial charge on any atom is 0.252 e. The van der Waals surface area contributed by atoms with Crippen LogP contribution in [0.25, 0.3) is 60.6 Å². The molecular weight excluding hydrogens is 1040 g/mol. The Balaban J connectivity index is 1.07. The van der Waals surface area contributed by atoms with Crippen molar-refractivity contribution in [3.63, 3.8) is 0 Å². The normalized spacial score (nSPS) is 13.4. The van der Waals surface area contributed by atoms with E-state index in [0.717, 1.165) is 106 Å². The zero-order chi connectivity index (χ0) is 58.6. The lowest BCUT2D eigenvalue weighted by atomic mass is 9.33. The lowest BCUT2D eigenvalue weighted by molar-refractivity contribution is 0.590. The summed E-state index contributed by atoms with van der Waals surface area (Å²) in [6.07, 6.45) is 0. The molecule has 0 saturated carbocycles. The van der Waals surface area contributed by atoms with E-state index >= 15 is 0 Å². The van der Waals surface area contributed by atoms with E-state index in [0.29, 0.717) is 0 Å². The first-order valence-corrected chi connectivity index (χ1v) is 30.2.